The maximum Gasteiger partial charge on any atom is 0.253 e. The van der Waals surface area contributed by atoms with Crippen LogP contribution in [-0.4, -0.2) is 25.5 Å². The zero-order valence-electron chi connectivity index (χ0n) is 15.2. The highest BCUT2D eigenvalue weighted by atomic mass is 35.5. The molecule has 1 heterocycles. The van der Waals surface area contributed by atoms with Crippen LogP contribution in [0.5, 0.6) is 0 Å². The molecule has 0 aliphatic carbocycles. The van der Waals surface area contributed by atoms with Crippen molar-refractivity contribution in [1.82, 2.24) is 20.1 Å². The van der Waals surface area contributed by atoms with Gasteiger partial charge in [0.15, 0.2) is 15.8 Å². The smallest absolute Gasteiger partial charge is 0.253 e. The first-order valence-electron chi connectivity index (χ1n) is 8.49. The van der Waals surface area contributed by atoms with E-state index in [4.69, 9.17) is 46.4 Å². The van der Waals surface area contributed by atoms with Crippen molar-refractivity contribution in [2.24, 2.45) is 0 Å². The molecule has 0 unspecified atom stereocenters. The van der Waals surface area contributed by atoms with E-state index in [0.29, 0.717) is 32.5 Å². The molecule has 0 saturated carbocycles. The van der Waals surface area contributed by atoms with Gasteiger partial charge in [0.2, 0.25) is 0 Å². The van der Waals surface area contributed by atoms with Crippen LogP contribution in [0.4, 0.5) is 0 Å². The molecule has 3 rings (SSSR count). The van der Waals surface area contributed by atoms with Gasteiger partial charge in [0.05, 0.1) is 17.3 Å². The minimum absolute atomic E-state index is 0.0889. The lowest BCUT2D eigenvalue weighted by Gasteiger charge is -2.13. The average Bonchev–Trinajstić information content (AvgIpc) is 3.08. The standard InChI is InChI=1S/C19H16Cl4N4OS/c1-11-4-2-3-5-12(11)10-29-19-26-25-16(9-24-18(28)17(22)23)27(19)15-7-6-13(20)8-14(15)21/h2-8,17H,9-10H2,1H3,(H,24,28). The lowest BCUT2D eigenvalue weighted by Crippen LogP contribution is -2.29. The van der Waals surface area contributed by atoms with Gasteiger partial charge < -0.3 is 5.32 Å². The molecule has 0 aliphatic heterocycles. The summed E-state index contributed by atoms with van der Waals surface area (Å²) in [6, 6.07) is 13.3. The molecular formula is C19H16Cl4N4OS. The molecule has 0 spiro atoms. The predicted molar refractivity (Wildman–Crippen MR) is 119 cm³/mol. The van der Waals surface area contributed by atoms with E-state index in [1.807, 2.05) is 12.1 Å². The monoisotopic (exact) mass is 488 g/mol. The van der Waals surface area contributed by atoms with Crippen molar-refractivity contribution in [2.75, 3.05) is 0 Å². The van der Waals surface area contributed by atoms with Crippen molar-refractivity contribution in [2.45, 2.75) is 29.2 Å². The molecule has 5 nitrogen and oxygen atoms in total. The van der Waals surface area contributed by atoms with Crippen LogP contribution in [0, 0.1) is 6.92 Å². The first-order chi connectivity index (χ1) is 13.9. The fraction of sp³-hybridized carbons (Fsp3) is 0.211. The second-order valence-electron chi connectivity index (χ2n) is 6.06. The third kappa shape index (κ3) is 5.58. The van der Waals surface area contributed by atoms with E-state index < -0.39 is 10.7 Å². The van der Waals surface area contributed by atoms with Crippen LogP contribution in [0.1, 0.15) is 17.0 Å². The van der Waals surface area contributed by atoms with Crippen molar-refractivity contribution in [3.63, 3.8) is 0 Å². The Morgan fingerprint density at radius 3 is 2.62 bits per heavy atom. The first-order valence-corrected chi connectivity index (χ1v) is 11.1. The SMILES string of the molecule is Cc1ccccc1CSc1nnc(CNC(=O)C(Cl)Cl)n1-c1ccc(Cl)cc1Cl. The maximum atomic E-state index is 11.7. The summed E-state index contributed by atoms with van der Waals surface area (Å²) in [7, 11) is 0. The van der Waals surface area contributed by atoms with Gasteiger partial charge in [-0.15, -0.1) is 10.2 Å². The van der Waals surface area contributed by atoms with E-state index in [0.717, 1.165) is 0 Å². The first kappa shape index (κ1) is 22.2. The highest BCUT2D eigenvalue weighted by Crippen LogP contribution is 2.31. The second-order valence-corrected chi connectivity index (χ2v) is 8.95. The van der Waals surface area contributed by atoms with Crippen LogP contribution >= 0.6 is 58.2 Å². The molecule has 0 radical (unpaired) electrons. The van der Waals surface area contributed by atoms with Gasteiger partial charge in [-0.05, 0) is 36.2 Å². The predicted octanol–water partition coefficient (Wildman–Crippen LogP) is 5.59. The number of hydrogen-bond donors (Lipinski definition) is 1. The Balaban J connectivity index is 1.93. The summed E-state index contributed by atoms with van der Waals surface area (Å²) in [6.45, 7) is 2.15. The minimum Gasteiger partial charge on any atom is -0.346 e. The zero-order chi connectivity index (χ0) is 21.0. The van der Waals surface area contributed by atoms with Crippen molar-refractivity contribution >= 4 is 64.1 Å². The number of amides is 1. The summed E-state index contributed by atoms with van der Waals surface area (Å²) >= 11 is 25.2. The topological polar surface area (TPSA) is 59.8 Å². The Kier molecular flexibility index (Phi) is 7.71. The van der Waals surface area contributed by atoms with Crippen LogP contribution in [0.15, 0.2) is 47.6 Å². The van der Waals surface area contributed by atoms with E-state index in [1.54, 1.807) is 22.8 Å². The Labute approximate surface area is 192 Å². The summed E-state index contributed by atoms with van der Waals surface area (Å²) in [4.78, 5) is 10.6. The highest BCUT2D eigenvalue weighted by Gasteiger charge is 2.19. The average molecular weight is 490 g/mol. The van der Waals surface area contributed by atoms with Crippen molar-refractivity contribution in [1.29, 1.82) is 0 Å². The van der Waals surface area contributed by atoms with Gasteiger partial charge in [-0.1, -0.05) is 82.4 Å². The van der Waals surface area contributed by atoms with E-state index in [1.165, 1.54) is 22.9 Å². The van der Waals surface area contributed by atoms with Crippen LogP contribution in [0.3, 0.4) is 0 Å². The van der Waals surface area contributed by atoms with Crippen molar-refractivity contribution in [3.8, 4) is 5.69 Å². The second kappa shape index (κ2) is 10.0. The molecule has 0 saturated heterocycles. The lowest BCUT2D eigenvalue weighted by molar-refractivity contribution is -0.119. The fourth-order valence-corrected chi connectivity index (χ4v) is 4.26. The van der Waals surface area contributed by atoms with E-state index in [9.17, 15) is 4.79 Å². The van der Waals surface area contributed by atoms with E-state index in [2.05, 4.69) is 34.6 Å². The highest BCUT2D eigenvalue weighted by molar-refractivity contribution is 7.98. The number of hydrogen-bond acceptors (Lipinski definition) is 4. The molecule has 1 N–H and O–H groups in total. The van der Waals surface area contributed by atoms with Gasteiger partial charge in [-0.2, -0.15) is 0 Å². The summed E-state index contributed by atoms with van der Waals surface area (Å²) in [6.07, 6.45) is 0. The Morgan fingerprint density at radius 1 is 1.17 bits per heavy atom. The molecule has 10 heteroatoms. The third-order valence-electron chi connectivity index (χ3n) is 4.09. The quantitative estimate of drug-likeness (QED) is 0.347. The van der Waals surface area contributed by atoms with Gasteiger partial charge in [0.1, 0.15) is 0 Å². The number of halogens is 4. The zero-order valence-corrected chi connectivity index (χ0v) is 19.0. The number of alkyl halides is 2. The molecule has 0 fully saturated rings. The molecule has 0 atom stereocenters. The molecule has 29 heavy (non-hydrogen) atoms. The number of thioether (sulfide) groups is 1. The lowest BCUT2D eigenvalue weighted by atomic mass is 10.1. The van der Waals surface area contributed by atoms with Crippen molar-refractivity contribution < 1.29 is 4.79 Å². The molecule has 3 aromatic rings. The Morgan fingerprint density at radius 2 is 1.93 bits per heavy atom. The number of benzene rings is 2. The minimum atomic E-state index is -1.17. The molecule has 1 amide bonds. The number of aryl methyl sites for hydroxylation is 1. The van der Waals surface area contributed by atoms with Crippen molar-refractivity contribution in [3.05, 3.63) is 69.5 Å². The number of carbonyl (C=O) groups excluding carboxylic acids is 1. The molecule has 1 aromatic heterocycles. The summed E-state index contributed by atoms with van der Waals surface area (Å²) in [5, 5.41) is 12.7. The number of carbonyl (C=O) groups is 1. The molecule has 2 aromatic carbocycles. The van der Waals surface area contributed by atoms with Gasteiger partial charge in [-0.3, -0.25) is 9.36 Å². The van der Waals surface area contributed by atoms with Gasteiger partial charge in [0.25, 0.3) is 5.91 Å². The van der Waals surface area contributed by atoms with Crippen LogP contribution in [-0.2, 0) is 17.1 Å². The van der Waals surface area contributed by atoms with E-state index in [-0.39, 0.29) is 6.54 Å². The van der Waals surface area contributed by atoms with E-state index >= 15 is 0 Å². The number of rotatable bonds is 7. The summed E-state index contributed by atoms with van der Waals surface area (Å²) in [5.74, 6) is 0.677. The number of nitrogens with one attached hydrogen (secondary N) is 1. The Bertz CT molecular complexity index is 1030. The summed E-state index contributed by atoms with van der Waals surface area (Å²) < 4.78 is 1.79. The normalized spacial score (nSPS) is 11.1. The molecule has 0 bridgehead atoms. The summed E-state index contributed by atoms with van der Waals surface area (Å²) in [5.41, 5.74) is 3.04. The van der Waals surface area contributed by atoms with Gasteiger partial charge in [-0.25, -0.2) is 0 Å². The van der Waals surface area contributed by atoms with Gasteiger partial charge in [0, 0.05) is 10.8 Å². The number of nitrogens with zero attached hydrogens (tertiary/aromatic N) is 3. The third-order valence-corrected chi connectivity index (χ3v) is 6.00. The molecular weight excluding hydrogens is 474 g/mol. The Hall–Kier alpha value is -1.44. The largest absolute Gasteiger partial charge is 0.346 e. The molecule has 152 valence electrons. The maximum absolute atomic E-state index is 11.7. The number of aromatic nitrogens is 3. The van der Waals surface area contributed by atoms with Crippen LogP contribution in [0.2, 0.25) is 10.0 Å². The fourth-order valence-electron chi connectivity index (χ4n) is 2.57. The van der Waals surface area contributed by atoms with Crippen LogP contribution in [0.25, 0.3) is 5.69 Å². The molecule has 0 aliphatic rings. The van der Waals surface area contributed by atoms with Gasteiger partial charge >= 0.3 is 0 Å². The van der Waals surface area contributed by atoms with Crippen LogP contribution < -0.4 is 5.32 Å².